The Bertz CT molecular complexity index is 573. The van der Waals surface area contributed by atoms with Crippen LogP contribution in [0.25, 0.3) is 0 Å². The molecular weight excluding hydrogens is 304 g/mol. The fourth-order valence-corrected chi connectivity index (χ4v) is 2.78. The van der Waals surface area contributed by atoms with Crippen molar-refractivity contribution in [3.05, 3.63) is 52.4 Å². The van der Waals surface area contributed by atoms with Crippen LogP contribution in [0.1, 0.15) is 17.2 Å². The number of rotatable bonds is 3. The molecule has 3 rings (SSSR count). The van der Waals surface area contributed by atoms with Crippen molar-refractivity contribution in [1.82, 2.24) is 15.3 Å². The van der Waals surface area contributed by atoms with E-state index in [1.807, 2.05) is 0 Å². The Balaban J connectivity index is 1.73. The lowest BCUT2D eigenvalue weighted by Gasteiger charge is -2.27. The van der Waals surface area contributed by atoms with Gasteiger partial charge in [-0.05, 0) is 40.0 Å². The first-order valence-electron chi connectivity index (χ1n) is 6.35. The van der Waals surface area contributed by atoms with Crippen LogP contribution in [-0.2, 0) is 6.42 Å². The third kappa shape index (κ3) is 2.77. The molecule has 1 aliphatic rings. The highest BCUT2D eigenvalue weighted by Crippen LogP contribution is 2.24. The van der Waals surface area contributed by atoms with Crippen molar-refractivity contribution in [3.63, 3.8) is 0 Å². The highest BCUT2D eigenvalue weighted by molar-refractivity contribution is 9.10. The van der Waals surface area contributed by atoms with Gasteiger partial charge in [0.25, 0.3) is 0 Å². The van der Waals surface area contributed by atoms with Crippen LogP contribution in [0.5, 0.6) is 0 Å². The van der Waals surface area contributed by atoms with Gasteiger partial charge in [-0.25, -0.2) is 9.97 Å². The summed E-state index contributed by atoms with van der Waals surface area (Å²) in [4.78, 5) is 8.18. The van der Waals surface area contributed by atoms with Crippen LogP contribution in [-0.4, -0.2) is 23.1 Å². The third-order valence-corrected chi connectivity index (χ3v) is 3.94. The van der Waals surface area contributed by atoms with E-state index in [9.17, 15) is 0 Å². The molecule has 0 saturated heterocycles. The van der Waals surface area contributed by atoms with E-state index in [2.05, 4.69) is 60.8 Å². The molecule has 19 heavy (non-hydrogen) atoms. The Kier molecular flexibility index (Phi) is 3.75. The van der Waals surface area contributed by atoms with Gasteiger partial charge in [0.15, 0.2) is 0 Å². The smallest absolute Gasteiger partial charge is 0.143 e. The summed E-state index contributed by atoms with van der Waals surface area (Å²) in [5.74, 6) is 0.833. The van der Waals surface area contributed by atoms with Crippen molar-refractivity contribution in [1.29, 1.82) is 0 Å². The molecule has 2 heterocycles. The summed E-state index contributed by atoms with van der Waals surface area (Å²) in [5, 5.41) is 6.91. The van der Waals surface area contributed by atoms with Crippen molar-refractivity contribution in [2.75, 3.05) is 18.4 Å². The summed E-state index contributed by atoms with van der Waals surface area (Å²) in [7, 11) is 0. The van der Waals surface area contributed by atoms with E-state index in [1.54, 1.807) is 12.5 Å². The molecule has 2 aromatic rings. The Morgan fingerprint density at radius 2 is 2.26 bits per heavy atom. The van der Waals surface area contributed by atoms with Crippen LogP contribution < -0.4 is 10.6 Å². The molecule has 98 valence electrons. The number of hydrogen-bond acceptors (Lipinski definition) is 4. The lowest BCUT2D eigenvalue weighted by Crippen LogP contribution is -2.34. The first kappa shape index (κ1) is 12.6. The van der Waals surface area contributed by atoms with Crippen molar-refractivity contribution in [2.45, 2.75) is 12.5 Å². The van der Waals surface area contributed by atoms with E-state index in [1.165, 1.54) is 11.1 Å². The first-order chi connectivity index (χ1) is 9.34. The molecule has 1 aliphatic heterocycles. The Hall–Kier alpha value is -1.46. The van der Waals surface area contributed by atoms with Gasteiger partial charge in [-0.2, -0.15) is 0 Å². The minimum atomic E-state index is 0.326. The molecule has 0 bridgehead atoms. The largest absolute Gasteiger partial charge is 0.367 e. The standard InChI is InChI=1S/C14H15BrN4/c15-12-7-16-9-19-14(12)18-8-13-11-4-2-1-3-10(11)5-6-17-13/h1-4,7,9,13,17H,5-6,8H2,(H,16,18,19). The number of hydrogen-bond donors (Lipinski definition) is 2. The molecule has 0 fully saturated rings. The summed E-state index contributed by atoms with van der Waals surface area (Å²) >= 11 is 3.45. The van der Waals surface area contributed by atoms with Crippen molar-refractivity contribution < 1.29 is 0 Å². The Morgan fingerprint density at radius 1 is 1.37 bits per heavy atom. The summed E-state index contributed by atoms with van der Waals surface area (Å²) < 4.78 is 0.888. The van der Waals surface area contributed by atoms with Crippen LogP contribution >= 0.6 is 15.9 Å². The van der Waals surface area contributed by atoms with E-state index in [0.717, 1.165) is 29.8 Å². The van der Waals surface area contributed by atoms with Gasteiger partial charge in [0.2, 0.25) is 0 Å². The second kappa shape index (κ2) is 5.67. The molecule has 5 heteroatoms. The monoisotopic (exact) mass is 318 g/mol. The van der Waals surface area contributed by atoms with Gasteiger partial charge in [0.1, 0.15) is 12.1 Å². The van der Waals surface area contributed by atoms with Gasteiger partial charge < -0.3 is 10.6 Å². The second-order valence-corrected chi connectivity index (χ2v) is 5.41. The first-order valence-corrected chi connectivity index (χ1v) is 7.14. The zero-order chi connectivity index (χ0) is 13.1. The highest BCUT2D eigenvalue weighted by atomic mass is 79.9. The zero-order valence-corrected chi connectivity index (χ0v) is 12.0. The lowest BCUT2D eigenvalue weighted by molar-refractivity contribution is 0.523. The highest BCUT2D eigenvalue weighted by Gasteiger charge is 2.18. The normalized spacial score (nSPS) is 17.8. The molecule has 0 aliphatic carbocycles. The van der Waals surface area contributed by atoms with Gasteiger partial charge >= 0.3 is 0 Å². The van der Waals surface area contributed by atoms with E-state index >= 15 is 0 Å². The summed E-state index contributed by atoms with van der Waals surface area (Å²) in [5.41, 5.74) is 2.82. The van der Waals surface area contributed by atoms with Gasteiger partial charge in [-0.1, -0.05) is 24.3 Å². The third-order valence-electron chi connectivity index (χ3n) is 3.36. The zero-order valence-electron chi connectivity index (χ0n) is 10.4. The van der Waals surface area contributed by atoms with Crippen molar-refractivity contribution >= 4 is 21.7 Å². The topological polar surface area (TPSA) is 49.8 Å². The predicted octanol–water partition coefficient (Wildman–Crippen LogP) is 2.54. The number of aromatic nitrogens is 2. The molecule has 4 nitrogen and oxygen atoms in total. The maximum atomic E-state index is 4.22. The number of halogens is 1. The number of anilines is 1. The maximum absolute atomic E-state index is 4.22. The molecular formula is C14H15BrN4. The lowest BCUT2D eigenvalue weighted by atomic mass is 9.94. The molecule has 1 aromatic heterocycles. The minimum Gasteiger partial charge on any atom is -0.367 e. The van der Waals surface area contributed by atoms with Crippen molar-refractivity contribution in [2.24, 2.45) is 0 Å². The van der Waals surface area contributed by atoms with Crippen LogP contribution in [0.4, 0.5) is 5.82 Å². The average molecular weight is 319 g/mol. The van der Waals surface area contributed by atoms with Crippen LogP contribution in [0.3, 0.4) is 0 Å². The van der Waals surface area contributed by atoms with Gasteiger partial charge in [0, 0.05) is 18.8 Å². The Morgan fingerprint density at radius 3 is 3.16 bits per heavy atom. The fourth-order valence-electron chi connectivity index (χ4n) is 2.42. The fraction of sp³-hybridized carbons (Fsp3) is 0.286. The summed E-state index contributed by atoms with van der Waals surface area (Å²) in [6.45, 7) is 1.83. The molecule has 0 saturated carbocycles. The van der Waals surface area contributed by atoms with E-state index in [4.69, 9.17) is 0 Å². The Labute approximate surface area is 120 Å². The molecule has 1 atom stereocenters. The molecule has 0 radical (unpaired) electrons. The van der Waals surface area contributed by atoms with Crippen LogP contribution in [0, 0.1) is 0 Å². The molecule has 0 amide bonds. The van der Waals surface area contributed by atoms with E-state index in [0.29, 0.717) is 6.04 Å². The average Bonchev–Trinajstić information content (AvgIpc) is 2.46. The maximum Gasteiger partial charge on any atom is 0.143 e. The van der Waals surface area contributed by atoms with Crippen LogP contribution in [0.15, 0.2) is 41.3 Å². The number of nitrogens with one attached hydrogen (secondary N) is 2. The SMILES string of the molecule is Brc1cncnc1NCC1NCCc2ccccc21. The summed E-state index contributed by atoms with van der Waals surface area (Å²) in [6, 6.07) is 8.94. The number of fused-ring (bicyclic) bond motifs is 1. The quantitative estimate of drug-likeness (QED) is 0.913. The molecule has 0 spiro atoms. The van der Waals surface area contributed by atoms with Crippen LogP contribution in [0.2, 0.25) is 0 Å². The van der Waals surface area contributed by atoms with E-state index < -0.39 is 0 Å². The number of benzene rings is 1. The number of nitrogens with zero attached hydrogens (tertiary/aromatic N) is 2. The second-order valence-electron chi connectivity index (χ2n) is 4.56. The van der Waals surface area contributed by atoms with Gasteiger partial charge in [0.05, 0.1) is 4.47 Å². The van der Waals surface area contributed by atoms with E-state index in [-0.39, 0.29) is 0 Å². The molecule has 2 N–H and O–H groups in total. The molecule has 1 unspecified atom stereocenters. The van der Waals surface area contributed by atoms with Crippen molar-refractivity contribution in [3.8, 4) is 0 Å². The summed E-state index contributed by atoms with van der Waals surface area (Å²) in [6.07, 6.45) is 4.40. The van der Waals surface area contributed by atoms with Gasteiger partial charge in [-0.15, -0.1) is 0 Å². The molecule has 1 aromatic carbocycles. The van der Waals surface area contributed by atoms with Gasteiger partial charge in [-0.3, -0.25) is 0 Å². The predicted molar refractivity (Wildman–Crippen MR) is 79.1 cm³/mol. The minimum absolute atomic E-state index is 0.326.